The Morgan fingerprint density at radius 2 is 2.11 bits per heavy atom. The summed E-state index contributed by atoms with van der Waals surface area (Å²) in [5.41, 5.74) is 6.72. The van der Waals surface area contributed by atoms with Crippen LogP contribution >= 0.6 is 11.8 Å². The fourth-order valence-corrected chi connectivity index (χ4v) is 4.59. The molecule has 104 valence electrons. The van der Waals surface area contributed by atoms with Gasteiger partial charge in [-0.05, 0) is 43.9 Å². The van der Waals surface area contributed by atoms with Crippen molar-refractivity contribution in [2.45, 2.75) is 54.3 Å². The van der Waals surface area contributed by atoms with E-state index in [0.29, 0.717) is 10.9 Å². The lowest BCUT2D eigenvalue weighted by molar-refractivity contribution is -0.0703. The molecule has 0 amide bonds. The van der Waals surface area contributed by atoms with Gasteiger partial charge in [0.05, 0.1) is 5.60 Å². The molecule has 4 heteroatoms. The molecule has 2 nitrogen and oxygen atoms in total. The van der Waals surface area contributed by atoms with Gasteiger partial charge in [0.15, 0.2) is 0 Å². The highest BCUT2D eigenvalue weighted by Gasteiger charge is 2.40. The fourth-order valence-electron chi connectivity index (χ4n) is 3.24. The van der Waals surface area contributed by atoms with E-state index in [1.807, 2.05) is 0 Å². The van der Waals surface area contributed by atoms with Crippen molar-refractivity contribution in [2.75, 3.05) is 12.3 Å². The highest BCUT2D eigenvalue weighted by atomic mass is 32.2. The van der Waals surface area contributed by atoms with Crippen LogP contribution in [0.15, 0.2) is 23.1 Å². The zero-order chi connectivity index (χ0) is 13.3. The first-order valence-corrected chi connectivity index (χ1v) is 7.91. The molecule has 1 aromatic rings. The molecule has 2 aliphatic rings. The second kappa shape index (κ2) is 5.33. The molecule has 3 rings (SSSR count). The molecule has 1 unspecified atom stereocenters. The van der Waals surface area contributed by atoms with Gasteiger partial charge in [-0.1, -0.05) is 12.8 Å². The molecule has 0 radical (unpaired) electrons. The van der Waals surface area contributed by atoms with E-state index < -0.39 is 0 Å². The third kappa shape index (κ3) is 2.90. The van der Waals surface area contributed by atoms with Crippen molar-refractivity contribution in [3.63, 3.8) is 0 Å². The number of hydrogen-bond donors (Lipinski definition) is 1. The van der Waals surface area contributed by atoms with E-state index in [1.54, 1.807) is 23.9 Å². The zero-order valence-electron chi connectivity index (χ0n) is 11.0. The first-order chi connectivity index (χ1) is 9.17. The normalized spacial score (nSPS) is 25.8. The Labute approximate surface area is 117 Å². The zero-order valence-corrected chi connectivity index (χ0v) is 11.8. The average Bonchev–Trinajstić information content (AvgIpc) is 2.82. The second-order valence-electron chi connectivity index (χ2n) is 5.65. The topological polar surface area (TPSA) is 35.2 Å². The van der Waals surface area contributed by atoms with Crippen molar-refractivity contribution in [3.8, 4) is 0 Å². The highest BCUT2D eigenvalue weighted by molar-refractivity contribution is 8.00. The van der Waals surface area contributed by atoms with E-state index in [4.69, 9.17) is 10.5 Å². The summed E-state index contributed by atoms with van der Waals surface area (Å²) in [5.74, 6) is -0.209. The van der Waals surface area contributed by atoms with Gasteiger partial charge in [-0.25, -0.2) is 4.39 Å². The van der Waals surface area contributed by atoms with Crippen LogP contribution in [0.5, 0.6) is 0 Å². The monoisotopic (exact) mass is 281 g/mol. The van der Waals surface area contributed by atoms with Crippen LogP contribution in [0.2, 0.25) is 0 Å². The van der Waals surface area contributed by atoms with E-state index in [2.05, 4.69) is 0 Å². The summed E-state index contributed by atoms with van der Waals surface area (Å²) < 4.78 is 19.3. The minimum absolute atomic E-state index is 0.109. The smallest absolute Gasteiger partial charge is 0.124 e. The van der Waals surface area contributed by atoms with Crippen molar-refractivity contribution < 1.29 is 9.13 Å². The van der Waals surface area contributed by atoms with Crippen LogP contribution < -0.4 is 5.73 Å². The predicted octanol–water partition coefficient (Wildman–Crippen LogP) is 3.99. The molecule has 1 saturated carbocycles. The quantitative estimate of drug-likeness (QED) is 0.832. The number of hydrogen-bond acceptors (Lipinski definition) is 3. The molecule has 0 aromatic heterocycles. The number of nitrogens with two attached hydrogens (primary N) is 1. The van der Waals surface area contributed by atoms with Crippen LogP contribution in [-0.2, 0) is 4.74 Å². The average molecular weight is 281 g/mol. The number of nitrogen functional groups attached to an aromatic ring is 1. The van der Waals surface area contributed by atoms with E-state index in [9.17, 15) is 4.39 Å². The van der Waals surface area contributed by atoms with Gasteiger partial charge in [0.2, 0.25) is 0 Å². The van der Waals surface area contributed by atoms with Gasteiger partial charge in [0.1, 0.15) is 5.82 Å². The molecule has 1 aliphatic heterocycles. The minimum atomic E-state index is -0.209. The van der Waals surface area contributed by atoms with Crippen molar-refractivity contribution in [2.24, 2.45) is 0 Å². The molecule has 19 heavy (non-hydrogen) atoms. The van der Waals surface area contributed by atoms with Crippen LogP contribution in [0.1, 0.15) is 38.5 Å². The fraction of sp³-hybridized carbons (Fsp3) is 0.600. The molecule has 1 atom stereocenters. The highest BCUT2D eigenvalue weighted by Crippen LogP contribution is 2.45. The van der Waals surface area contributed by atoms with Crippen LogP contribution in [0.4, 0.5) is 10.1 Å². The Kier molecular flexibility index (Phi) is 3.72. The van der Waals surface area contributed by atoms with Gasteiger partial charge in [0.25, 0.3) is 0 Å². The largest absolute Gasteiger partial charge is 0.398 e. The molecular formula is C15H20FNOS. The summed E-state index contributed by atoms with van der Waals surface area (Å²) in [5, 5.41) is 0.496. The Morgan fingerprint density at radius 1 is 1.32 bits per heavy atom. The Balaban J connectivity index is 1.70. The molecule has 2 N–H and O–H groups in total. The van der Waals surface area contributed by atoms with Crippen LogP contribution in [0.3, 0.4) is 0 Å². The number of halogens is 1. The standard InChI is InChI=1S/C15H20FNOS/c16-11-3-4-13(17)14(9-11)19-12-5-8-18-15(10-12)6-1-2-7-15/h3-4,9,12H,1-2,5-8,10,17H2. The predicted molar refractivity (Wildman–Crippen MR) is 76.8 cm³/mol. The lowest BCUT2D eigenvalue weighted by Crippen LogP contribution is -2.38. The second-order valence-corrected chi connectivity index (χ2v) is 7.00. The van der Waals surface area contributed by atoms with Crippen LogP contribution in [0.25, 0.3) is 0 Å². The summed E-state index contributed by atoms with van der Waals surface area (Å²) in [6.07, 6.45) is 7.03. The molecule has 1 aromatic carbocycles. The van der Waals surface area contributed by atoms with Crippen molar-refractivity contribution in [1.29, 1.82) is 0 Å². The number of thioether (sulfide) groups is 1. The van der Waals surface area contributed by atoms with Gasteiger partial charge in [0, 0.05) is 22.4 Å². The lowest BCUT2D eigenvalue weighted by Gasteiger charge is -2.38. The molecule has 1 heterocycles. The maximum absolute atomic E-state index is 13.3. The first kappa shape index (κ1) is 13.3. The maximum Gasteiger partial charge on any atom is 0.124 e. The Bertz CT molecular complexity index is 459. The molecule has 1 saturated heterocycles. The van der Waals surface area contributed by atoms with Crippen molar-refractivity contribution in [3.05, 3.63) is 24.0 Å². The van der Waals surface area contributed by atoms with Crippen LogP contribution in [-0.4, -0.2) is 17.5 Å². The van der Waals surface area contributed by atoms with Gasteiger partial charge in [-0.3, -0.25) is 0 Å². The lowest BCUT2D eigenvalue weighted by atomic mass is 9.92. The third-order valence-corrected chi connectivity index (χ3v) is 5.57. The van der Waals surface area contributed by atoms with Gasteiger partial charge < -0.3 is 10.5 Å². The Hall–Kier alpha value is -0.740. The summed E-state index contributed by atoms with van der Waals surface area (Å²) >= 11 is 1.72. The summed E-state index contributed by atoms with van der Waals surface area (Å²) in [4.78, 5) is 0.875. The Morgan fingerprint density at radius 3 is 2.89 bits per heavy atom. The van der Waals surface area contributed by atoms with Crippen molar-refractivity contribution >= 4 is 17.4 Å². The maximum atomic E-state index is 13.3. The van der Waals surface area contributed by atoms with E-state index in [-0.39, 0.29) is 11.4 Å². The summed E-state index contributed by atoms with van der Waals surface area (Å²) in [6.45, 7) is 0.826. The van der Waals surface area contributed by atoms with Crippen molar-refractivity contribution in [1.82, 2.24) is 0 Å². The number of rotatable bonds is 2. The molecular weight excluding hydrogens is 261 g/mol. The number of benzene rings is 1. The van der Waals surface area contributed by atoms with Crippen LogP contribution in [0, 0.1) is 5.82 Å². The first-order valence-electron chi connectivity index (χ1n) is 7.03. The minimum Gasteiger partial charge on any atom is -0.398 e. The number of ether oxygens (including phenoxy) is 1. The van der Waals surface area contributed by atoms with E-state index in [1.165, 1.54) is 31.7 Å². The molecule has 2 fully saturated rings. The molecule has 1 aliphatic carbocycles. The van der Waals surface area contributed by atoms with Gasteiger partial charge >= 0.3 is 0 Å². The summed E-state index contributed by atoms with van der Waals surface area (Å²) in [7, 11) is 0. The number of anilines is 1. The SMILES string of the molecule is Nc1ccc(F)cc1SC1CCOC2(CCCC2)C1. The van der Waals surface area contributed by atoms with Gasteiger partial charge in [-0.15, -0.1) is 11.8 Å². The summed E-state index contributed by atoms with van der Waals surface area (Å²) in [6, 6.07) is 4.63. The van der Waals surface area contributed by atoms with Gasteiger partial charge in [-0.2, -0.15) is 0 Å². The molecule has 0 bridgehead atoms. The third-order valence-electron chi connectivity index (χ3n) is 4.23. The molecule has 1 spiro atoms. The van der Waals surface area contributed by atoms with E-state index >= 15 is 0 Å². The van der Waals surface area contributed by atoms with E-state index in [0.717, 1.165) is 24.3 Å².